The number of hydrogen-bond donors (Lipinski definition) is 3. The van der Waals surface area contributed by atoms with E-state index in [9.17, 15) is 9.59 Å². The molecule has 0 aliphatic carbocycles. The number of urea groups is 1. The second kappa shape index (κ2) is 9.69. The van der Waals surface area contributed by atoms with E-state index in [1.54, 1.807) is 36.7 Å². The highest BCUT2D eigenvalue weighted by Crippen LogP contribution is 2.23. The minimum atomic E-state index is -0.357. The molecule has 7 heteroatoms. The molecule has 0 spiro atoms. The van der Waals surface area contributed by atoms with E-state index in [2.05, 4.69) is 20.9 Å². The van der Waals surface area contributed by atoms with E-state index in [4.69, 9.17) is 0 Å². The molecule has 0 fully saturated rings. The highest BCUT2D eigenvalue weighted by Gasteiger charge is 2.11. The number of rotatable bonds is 6. The highest BCUT2D eigenvalue weighted by atomic mass is 32.1. The fourth-order valence-electron chi connectivity index (χ4n) is 2.96. The van der Waals surface area contributed by atoms with E-state index in [1.807, 2.05) is 54.6 Å². The van der Waals surface area contributed by atoms with Crippen LogP contribution in [0, 0.1) is 0 Å². The Morgan fingerprint density at radius 1 is 0.710 bits per heavy atom. The summed E-state index contributed by atoms with van der Waals surface area (Å²) < 4.78 is 0. The van der Waals surface area contributed by atoms with E-state index < -0.39 is 0 Å². The van der Waals surface area contributed by atoms with E-state index in [-0.39, 0.29) is 11.9 Å². The lowest BCUT2D eigenvalue weighted by Crippen LogP contribution is -2.18. The summed E-state index contributed by atoms with van der Waals surface area (Å²) in [7, 11) is 0. The van der Waals surface area contributed by atoms with Crippen molar-refractivity contribution < 1.29 is 9.59 Å². The van der Waals surface area contributed by atoms with Crippen molar-refractivity contribution in [2.75, 3.05) is 16.0 Å². The van der Waals surface area contributed by atoms with Crippen LogP contribution in [0.2, 0.25) is 0 Å². The van der Waals surface area contributed by atoms with Gasteiger partial charge in [-0.3, -0.25) is 15.1 Å². The summed E-state index contributed by atoms with van der Waals surface area (Å²) in [5, 5.41) is 8.97. The summed E-state index contributed by atoms with van der Waals surface area (Å²) in [6.45, 7) is 0. The van der Waals surface area contributed by atoms with Crippen molar-refractivity contribution in [1.82, 2.24) is 4.98 Å². The number of thiophene rings is 1. The molecule has 4 aromatic rings. The molecular formula is C24H20N4O2S. The third-order valence-electron chi connectivity index (χ3n) is 4.47. The maximum Gasteiger partial charge on any atom is 0.324 e. The van der Waals surface area contributed by atoms with Gasteiger partial charge in [0, 0.05) is 23.8 Å². The molecule has 2 aromatic carbocycles. The zero-order valence-electron chi connectivity index (χ0n) is 16.5. The molecule has 0 saturated heterocycles. The number of hydrogen-bond acceptors (Lipinski definition) is 4. The second-order valence-electron chi connectivity index (χ2n) is 6.79. The van der Waals surface area contributed by atoms with Crippen molar-refractivity contribution in [3.8, 4) is 0 Å². The van der Waals surface area contributed by atoms with Gasteiger partial charge < -0.3 is 10.6 Å². The number of nitrogens with zero attached hydrogens (tertiary/aromatic N) is 1. The summed E-state index contributed by atoms with van der Waals surface area (Å²) in [5.41, 5.74) is 3.74. The average Bonchev–Trinajstić information content (AvgIpc) is 3.25. The third kappa shape index (κ3) is 5.77. The minimum absolute atomic E-state index is 0.219. The summed E-state index contributed by atoms with van der Waals surface area (Å²) in [6, 6.07) is 23.9. The van der Waals surface area contributed by atoms with Crippen LogP contribution in [0.25, 0.3) is 0 Å². The van der Waals surface area contributed by atoms with Crippen LogP contribution in [-0.2, 0) is 6.42 Å². The maximum atomic E-state index is 12.5. The van der Waals surface area contributed by atoms with Gasteiger partial charge in [-0.15, -0.1) is 11.3 Å². The number of aromatic nitrogens is 1. The van der Waals surface area contributed by atoms with Crippen LogP contribution >= 0.6 is 11.3 Å². The first-order valence-corrected chi connectivity index (χ1v) is 10.5. The number of carbonyl (C=O) groups is 2. The van der Waals surface area contributed by atoms with Crippen LogP contribution in [0.4, 0.5) is 21.2 Å². The van der Waals surface area contributed by atoms with Crippen LogP contribution in [0.15, 0.2) is 91.3 Å². The summed E-state index contributed by atoms with van der Waals surface area (Å²) >= 11 is 1.21. The summed E-state index contributed by atoms with van der Waals surface area (Å²) in [5.74, 6) is -0.219. The maximum absolute atomic E-state index is 12.5. The lowest BCUT2D eigenvalue weighted by atomic mass is 10.1. The molecular weight excluding hydrogens is 408 g/mol. The minimum Gasteiger partial charge on any atom is -0.321 e. The number of benzene rings is 2. The van der Waals surface area contributed by atoms with Gasteiger partial charge in [0.15, 0.2) is 0 Å². The molecule has 3 amide bonds. The molecule has 4 rings (SSSR count). The topological polar surface area (TPSA) is 83.1 Å². The zero-order valence-corrected chi connectivity index (χ0v) is 17.4. The van der Waals surface area contributed by atoms with E-state index >= 15 is 0 Å². The molecule has 0 saturated carbocycles. The Labute approximate surface area is 184 Å². The smallest absolute Gasteiger partial charge is 0.321 e. The molecule has 0 aliphatic rings. The first-order valence-electron chi connectivity index (χ1n) is 9.68. The largest absolute Gasteiger partial charge is 0.324 e. The molecule has 154 valence electrons. The standard InChI is InChI=1S/C24H20N4O2S/c29-23(26-20-8-6-17(7-9-20)16-18-12-14-25-15-13-18)21-10-11-22(31-21)28-24(30)27-19-4-2-1-3-5-19/h1-15H,16H2,(H,26,29)(H2,27,28,30). The van der Waals surface area contributed by atoms with Crippen molar-refractivity contribution in [2.45, 2.75) is 6.42 Å². The second-order valence-corrected chi connectivity index (χ2v) is 7.88. The van der Waals surface area contributed by atoms with E-state index in [1.165, 1.54) is 16.9 Å². The van der Waals surface area contributed by atoms with Crippen molar-refractivity contribution in [2.24, 2.45) is 0 Å². The van der Waals surface area contributed by atoms with Gasteiger partial charge >= 0.3 is 6.03 Å². The predicted octanol–water partition coefficient (Wildman–Crippen LogP) is 5.63. The Bertz CT molecular complexity index is 1160. The fraction of sp³-hybridized carbons (Fsp3) is 0.0417. The number of amides is 3. The Morgan fingerprint density at radius 2 is 1.39 bits per heavy atom. The molecule has 2 aromatic heterocycles. The lowest BCUT2D eigenvalue weighted by molar-refractivity contribution is 0.103. The van der Waals surface area contributed by atoms with Crippen LogP contribution < -0.4 is 16.0 Å². The number of para-hydroxylation sites is 1. The van der Waals surface area contributed by atoms with E-state index in [0.717, 1.165) is 12.0 Å². The van der Waals surface area contributed by atoms with Crippen LogP contribution in [-0.4, -0.2) is 16.9 Å². The van der Waals surface area contributed by atoms with Crippen molar-refractivity contribution in [3.05, 3.63) is 107 Å². The van der Waals surface area contributed by atoms with Crippen molar-refractivity contribution in [1.29, 1.82) is 0 Å². The highest BCUT2D eigenvalue weighted by molar-refractivity contribution is 7.18. The third-order valence-corrected chi connectivity index (χ3v) is 5.47. The molecule has 0 radical (unpaired) electrons. The Kier molecular flexibility index (Phi) is 6.35. The Hall–Kier alpha value is -3.97. The van der Waals surface area contributed by atoms with Gasteiger partial charge in [0.1, 0.15) is 0 Å². The Balaban J connectivity index is 1.32. The lowest BCUT2D eigenvalue weighted by Gasteiger charge is -2.06. The average molecular weight is 429 g/mol. The quantitative estimate of drug-likeness (QED) is 0.372. The number of carbonyl (C=O) groups excluding carboxylic acids is 2. The molecule has 0 aliphatic heterocycles. The molecule has 0 atom stereocenters. The Morgan fingerprint density at radius 3 is 2.13 bits per heavy atom. The predicted molar refractivity (Wildman–Crippen MR) is 125 cm³/mol. The van der Waals surface area contributed by atoms with Crippen molar-refractivity contribution in [3.63, 3.8) is 0 Å². The monoisotopic (exact) mass is 428 g/mol. The summed E-state index contributed by atoms with van der Waals surface area (Å²) in [4.78, 5) is 29.2. The first-order chi connectivity index (χ1) is 15.2. The number of anilines is 3. The van der Waals surface area contributed by atoms with Gasteiger partial charge in [-0.1, -0.05) is 30.3 Å². The summed E-state index contributed by atoms with van der Waals surface area (Å²) in [6.07, 6.45) is 4.36. The van der Waals surface area contributed by atoms with Gasteiger partial charge in [0.25, 0.3) is 5.91 Å². The molecule has 3 N–H and O–H groups in total. The van der Waals surface area contributed by atoms with Crippen LogP contribution in [0.3, 0.4) is 0 Å². The van der Waals surface area contributed by atoms with Gasteiger partial charge in [0.2, 0.25) is 0 Å². The molecule has 2 heterocycles. The molecule has 0 unspecified atom stereocenters. The molecule has 0 bridgehead atoms. The van der Waals surface area contributed by atoms with Crippen molar-refractivity contribution >= 4 is 39.7 Å². The zero-order chi connectivity index (χ0) is 21.5. The number of nitrogens with one attached hydrogen (secondary N) is 3. The van der Waals surface area contributed by atoms with Crippen LogP contribution in [0.5, 0.6) is 0 Å². The fourth-order valence-corrected chi connectivity index (χ4v) is 3.75. The van der Waals surface area contributed by atoms with Gasteiger partial charge in [-0.05, 0) is 66.1 Å². The van der Waals surface area contributed by atoms with Gasteiger partial charge in [-0.25, -0.2) is 4.79 Å². The number of pyridine rings is 1. The van der Waals surface area contributed by atoms with Gasteiger partial charge in [-0.2, -0.15) is 0 Å². The van der Waals surface area contributed by atoms with E-state index in [0.29, 0.717) is 21.3 Å². The molecule has 6 nitrogen and oxygen atoms in total. The van der Waals surface area contributed by atoms with Crippen LogP contribution in [0.1, 0.15) is 20.8 Å². The van der Waals surface area contributed by atoms with Gasteiger partial charge in [0.05, 0.1) is 9.88 Å². The molecule has 31 heavy (non-hydrogen) atoms. The SMILES string of the molecule is O=C(Nc1ccccc1)Nc1ccc(C(=O)Nc2ccc(Cc3ccncc3)cc2)s1. The normalized spacial score (nSPS) is 10.3. The first kappa shape index (κ1) is 20.3.